The average molecular weight is 502 g/mol. The number of amides is 1. The first-order valence-electron chi connectivity index (χ1n) is 9.60. The summed E-state index contributed by atoms with van der Waals surface area (Å²) in [5.74, 6) is 2.18. The van der Waals surface area contributed by atoms with E-state index in [0.717, 1.165) is 51.5 Å². The topological polar surface area (TPSA) is 82.1 Å². The van der Waals surface area contributed by atoms with E-state index in [1.807, 2.05) is 24.4 Å². The minimum Gasteiger partial charge on any atom is -0.381 e. The number of likely N-dealkylation sites (N-methyl/N-ethyl adjacent to an activating group) is 1. The van der Waals surface area contributed by atoms with E-state index in [1.54, 1.807) is 19.0 Å². The molecule has 3 heterocycles. The molecule has 1 amide bonds. The second-order valence-corrected chi connectivity index (χ2v) is 7.33. The van der Waals surface area contributed by atoms with Gasteiger partial charge >= 0.3 is 0 Å². The highest BCUT2D eigenvalue weighted by Crippen LogP contribution is 2.17. The van der Waals surface area contributed by atoms with Crippen LogP contribution < -0.4 is 15.5 Å². The van der Waals surface area contributed by atoms with Crippen LogP contribution in [0.25, 0.3) is 0 Å². The second-order valence-electron chi connectivity index (χ2n) is 7.33. The zero-order valence-corrected chi connectivity index (χ0v) is 19.0. The van der Waals surface area contributed by atoms with E-state index in [-0.39, 0.29) is 42.5 Å². The summed E-state index contributed by atoms with van der Waals surface area (Å²) in [6.07, 6.45) is 3.89. The maximum Gasteiger partial charge on any atom is 0.243 e. The summed E-state index contributed by atoms with van der Waals surface area (Å²) in [7, 11) is 3.49. The molecule has 1 aromatic rings. The van der Waals surface area contributed by atoms with Crippen LogP contribution in [0.3, 0.4) is 0 Å². The average Bonchev–Trinajstić information content (AvgIpc) is 3.36. The Labute approximate surface area is 184 Å². The van der Waals surface area contributed by atoms with E-state index in [1.165, 1.54) is 0 Å². The van der Waals surface area contributed by atoms with Gasteiger partial charge in [0.1, 0.15) is 12.4 Å². The number of carbonyl (C=O) groups excluding carboxylic acids is 1. The Bertz CT molecular complexity index is 637. The number of nitrogens with one attached hydrogen (secondary N) is 2. The van der Waals surface area contributed by atoms with E-state index in [0.29, 0.717) is 11.9 Å². The predicted molar refractivity (Wildman–Crippen MR) is 121 cm³/mol. The molecule has 2 aliphatic rings. The van der Waals surface area contributed by atoms with Crippen molar-refractivity contribution in [3.05, 3.63) is 24.4 Å². The number of hydrogen-bond acceptors (Lipinski definition) is 5. The summed E-state index contributed by atoms with van der Waals surface area (Å²) in [6, 6.07) is 6.24. The van der Waals surface area contributed by atoms with Gasteiger partial charge in [0.05, 0.1) is 6.61 Å². The molecule has 0 saturated carbocycles. The highest BCUT2D eigenvalue weighted by atomic mass is 127. The third-order valence-electron chi connectivity index (χ3n) is 4.96. The van der Waals surface area contributed by atoms with Gasteiger partial charge in [-0.2, -0.15) is 0 Å². The molecule has 3 rings (SSSR count). The number of pyridine rings is 1. The molecule has 2 aliphatic heterocycles. The number of ether oxygens (including phenoxy) is 1. The Hall–Kier alpha value is -1.62. The van der Waals surface area contributed by atoms with Crippen LogP contribution in [0.2, 0.25) is 0 Å². The van der Waals surface area contributed by atoms with Gasteiger partial charge < -0.3 is 25.2 Å². The number of hydrogen-bond donors (Lipinski definition) is 2. The Kier molecular flexibility index (Phi) is 9.23. The van der Waals surface area contributed by atoms with Gasteiger partial charge in [0.15, 0.2) is 5.96 Å². The first kappa shape index (κ1) is 22.7. The van der Waals surface area contributed by atoms with E-state index in [2.05, 4.69) is 25.5 Å². The van der Waals surface area contributed by atoms with Crippen molar-refractivity contribution in [2.45, 2.75) is 18.9 Å². The van der Waals surface area contributed by atoms with Crippen LogP contribution >= 0.6 is 24.0 Å². The molecule has 2 atom stereocenters. The van der Waals surface area contributed by atoms with E-state index in [4.69, 9.17) is 4.74 Å². The Morgan fingerprint density at radius 1 is 1.39 bits per heavy atom. The largest absolute Gasteiger partial charge is 0.381 e. The van der Waals surface area contributed by atoms with Gasteiger partial charge in [0, 0.05) is 58.5 Å². The van der Waals surface area contributed by atoms with Crippen LogP contribution in [0.5, 0.6) is 0 Å². The van der Waals surface area contributed by atoms with Gasteiger partial charge in [-0.1, -0.05) is 6.07 Å². The Balaban J connectivity index is 0.00000280. The molecule has 0 radical (unpaired) electrons. The minimum absolute atomic E-state index is 0. The minimum atomic E-state index is -0.0122. The molecule has 28 heavy (non-hydrogen) atoms. The van der Waals surface area contributed by atoms with Gasteiger partial charge in [-0.25, -0.2) is 9.98 Å². The molecule has 0 aromatic carbocycles. The Morgan fingerprint density at radius 2 is 2.25 bits per heavy atom. The van der Waals surface area contributed by atoms with Crippen LogP contribution in [0, 0.1) is 5.92 Å². The smallest absolute Gasteiger partial charge is 0.243 e. The Morgan fingerprint density at radius 3 is 2.93 bits per heavy atom. The number of nitrogens with zero attached hydrogens (tertiary/aromatic N) is 4. The standard InChI is InChI=1S/C19H30N6O2.HI/c1-24(2)18(26)12-22-19(21-11-15-7-10-27-14-15)23-16-6-9-25(13-16)17-5-3-4-8-20-17;/h3-5,8,15-16H,6-7,9-14H2,1-2H3,(H2,21,22,23);1H. The van der Waals surface area contributed by atoms with E-state index >= 15 is 0 Å². The lowest BCUT2D eigenvalue weighted by Gasteiger charge is -2.21. The molecular formula is C19H31IN6O2. The van der Waals surface area contributed by atoms with Crippen molar-refractivity contribution in [3.63, 3.8) is 0 Å². The highest BCUT2D eigenvalue weighted by Gasteiger charge is 2.24. The van der Waals surface area contributed by atoms with Gasteiger partial charge in [0.25, 0.3) is 0 Å². The number of anilines is 1. The molecule has 1 aromatic heterocycles. The lowest BCUT2D eigenvalue weighted by Crippen LogP contribution is -2.46. The number of rotatable bonds is 6. The molecule has 156 valence electrons. The monoisotopic (exact) mass is 502 g/mol. The van der Waals surface area contributed by atoms with Crippen molar-refractivity contribution in [2.24, 2.45) is 10.9 Å². The molecule has 2 fully saturated rings. The van der Waals surface area contributed by atoms with Crippen molar-refractivity contribution < 1.29 is 9.53 Å². The quantitative estimate of drug-likeness (QED) is 0.343. The van der Waals surface area contributed by atoms with Gasteiger partial charge in [-0.3, -0.25) is 4.79 Å². The fourth-order valence-electron chi connectivity index (χ4n) is 3.25. The van der Waals surface area contributed by atoms with Crippen molar-refractivity contribution in [1.29, 1.82) is 0 Å². The SMILES string of the molecule is CN(C)C(=O)CN=C(NCC1CCOC1)NC1CCN(c2ccccn2)C1.I. The molecule has 2 N–H and O–H groups in total. The first-order valence-corrected chi connectivity index (χ1v) is 9.60. The van der Waals surface area contributed by atoms with Crippen LogP contribution in [0.4, 0.5) is 5.82 Å². The number of aromatic nitrogens is 1. The fraction of sp³-hybridized carbons (Fsp3) is 0.632. The summed E-state index contributed by atoms with van der Waals surface area (Å²) in [6.45, 7) is 4.38. The molecule has 0 spiro atoms. The maximum atomic E-state index is 11.9. The maximum absolute atomic E-state index is 11.9. The third-order valence-corrected chi connectivity index (χ3v) is 4.96. The normalized spacial score (nSPS) is 21.9. The number of carbonyl (C=O) groups is 1. The second kappa shape index (κ2) is 11.4. The molecule has 0 aliphatic carbocycles. The van der Waals surface area contributed by atoms with Crippen LogP contribution in [-0.4, -0.2) is 81.3 Å². The van der Waals surface area contributed by atoms with Crippen molar-refractivity contribution in [2.75, 3.05) is 58.4 Å². The summed E-state index contributed by atoms with van der Waals surface area (Å²) in [5.41, 5.74) is 0. The molecule has 2 saturated heterocycles. The van der Waals surface area contributed by atoms with E-state index in [9.17, 15) is 4.79 Å². The third kappa shape index (κ3) is 6.77. The molecule has 8 nitrogen and oxygen atoms in total. The van der Waals surface area contributed by atoms with Crippen molar-refractivity contribution >= 4 is 41.7 Å². The molecular weight excluding hydrogens is 471 g/mol. The lowest BCUT2D eigenvalue weighted by molar-refractivity contribution is -0.127. The number of guanidine groups is 1. The van der Waals surface area contributed by atoms with Gasteiger partial charge in [0.2, 0.25) is 5.91 Å². The van der Waals surface area contributed by atoms with Crippen molar-refractivity contribution in [3.8, 4) is 0 Å². The lowest BCUT2D eigenvalue weighted by atomic mass is 10.1. The number of halogens is 1. The predicted octanol–water partition coefficient (Wildman–Crippen LogP) is 0.938. The molecule has 2 unspecified atom stereocenters. The fourth-order valence-corrected chi connectivity index (χ4v) is 3.25. The van der Waals surface area contributed by atoms with Gasteiger partial charge in [-0.15, -0.1) is 24.0 Å². The zero-order valence-electron chi connectivity index (χ0n) is 16.6. The highest BCUT2D eigenvalue weighted by molar-refractivity contribution is 14.0. The summed E-state index contributed by atoms with van der Waals surface area (Å²) < 4.78 is 5.44. The van der Waals surface area contributed by atoms with Crippen LogP contribution in [0.15, 0.2) is 29.4 Å². The van der Waals surface area contributed by atoms with E-state index < -0.39 is 0 Å². The first-order chi connectivity index (χ1) is 13.1. The van der Waals surface area contributed by atoms with Crippen molar-refractivity contribution in [1.82, 2.24) is 20.5 Å². The van der Waals surface area contributed by atoms with Gasteiger partial charge in [-0.05, 0) is 25.0 Å². The summed E-state index contributed by atoms with van der Waals surface area (Å²) in [4.78, 5) is 24.7. The number of aliphatic imine (C=N–C) groups is 1. The summed E-state index contributed by atoms with van der Waals surface area (Å²) in [5, 5.41) is 6.88. The van der Waals surface area contributed by atoms with Crippen LogP contribution in [0.1, 0.15) is 12.8 Å². The van der Waals surface area contributed by atoms with Crippen LogP contribution in [-0.2, 0) is 9.53 Å². The molecule has 0 bridgehead atoms. The zero-order chi connectivity index (χ0) is 19.1. The molecule has 9 heteroatoms. The summed E-state index contributed by atoms with van der Waals surface area (Å²) >= 11 is 0.